The van der Waals surface area contributed by atoms with E-state index in [0.717, 1.165) is 12.8 Å². The Morgan fingerprint density at radius 2 is 2.00 bits per heavy atom. The zero-order valence-electron chi connectivity index (χ0n) is 15.1. The van der Waals surface area contributed by atoms with Gasteiger partial charge in [0, 0.05) is 31.1 Å². The van der Waals surface area contributed by atoms with Crippen LogP contribution in [0.15, 0.2) is 23.1 Å². The maximum absolute atomic E-state index is 13.0. The van der Waals surface area contributed by atoms with E-state index in [1.807, 2.05) is 0 Å². The molecule has 0 radical (unpaired) electrons. The molecular weight excluding hydrogens is 390 g/mol. The molecule has 0 aliphatic carbocycles. The van der Waals surface area contributed by atoms with E-state index in [2.05, 4.69) is 5.32 Å². The molecule has 2 heterocycles. The lowest BCUT2D eigenvalue weighted by molar-refractivity contribution is -0.116. The monoisotopic (exact) mass is 413 g/mol. The fourth-order valence-corrected chi connectivity index (χ4v) is 5.57. The van der Waals surface area contributed by atoms with Gasteiger partial charge in [-0.3, -0.25) is 9.59 Å². The van der Waals surface area contributed by atoms with Gasteiger partial charge in [-0.1, -0.05) is 11.8 Å². The molecule has 2 aliphatic heterocycles. The highest BCUT2D eigenvalue weighted by Crippen LogP contribution is 2.31. The van der Waals surface area contributed by atoms with E-state index in [1.54, 1.807) is 19.1 Å². The van der Waals surface area contributed by atoms with Gasteiger partial charge in [0.1, 0.15) is 17.2 Å². The van der Waals surface area contributed by atoms with E-state index >= 15 is 0 Å². The standard InChI is InChI=1S/C17H23N3O5S2/c1-2-25-14-6-5-13(18-16(21)12-19-9-10-26-17(19)22)11-15(14)27(23,24)20-7-3-4-8-20/h5-6,11H,2-4,7-10,12H2,1H3,(H,18,21). The van der Waals surface area contributed by atoms with E-state index in [-0.39, 0.29) is 28.3 Å². The van der Waals surface area contributed by atoms with Gasteiger partial charge in [-0.15, -0.1) is 0 Å². The first-order valence-electron chi connectivity index (χ1n) is 8.90. The second kappa shape index (κ2) is 8.49. The molecular formula is C17H23N3O5S2. The SMILES string of the molecule is CCOc1ccc(NC(=O)CN2CCSC2=O)cc1S(=O)(=O)N1CCCC1. The Morgan fingerprint density at radius 1 is 1.26 bits per heavy atom. The number of anilines is 1. The number of benzene rings is 1. The number of rotatable bonds is 7. The molecule has 1 aromatic rings. The molecule has 0 unspecified atom stereocenters. The molecule has 0 aromatic heterocycles. The maximum atomic E-state index is 13.0. The number of hydrogen-bond acceptors (Lipinski definition) is 6. The van der Waals surface area contributed by atoms with Crippen LogP contribution >= 0.6 is 11.8 Å². The van der Waals surface area contributed by atoms with Gasteiger partial charge >= 0.3 is 0 Å². The van der Waals surface area contributed by atoms with Crippen molar-refractivity contribution in [1.29, 1.82) is 0 Å². The summed E-state index contributed by atoms with van der Waals surface area (Å²) < 4.78 is 32.9. The molecule has 0 atom stereocenters. The number of sulfonamides is 1. The summed E-state index contributed by atoms with van der Waals surface area (Å²) in [5.74, 6) is 0.584. The Hall–Kier alpha value is -1.78. The molecule has 2 saturated heterocycles. The lowest BCUT2D eigenvalue weighted by atomic mass is 10.3. The van der Waals surface area contributed by atoms with Crippen LogP contribution in [0.4, 0.5) is 10.5 Å². The van der Waals surface area contributed by atoms with Crippen LogP contribution in [0.2, 0.25) is 0 Å². The molecule has 10 heteroatoms. The van der Waals surface area contributed by atoms with Crippen LogP contribution < -0.4 is 10.1 Å². The number of ether oxygens (including phenoxy) is 1. The zero-order valence-corrected chi connectivity index (χ0v) is 16.8. The molecule has 3 rings (SSSR count). The molecule has 0 saturated carbocycles. The topological polar surface area (TPSA) is 96.0 Å². The number of nitrogens with zero attached hydrogens (tertiary/aromatic N) is 2. The van der Waals surface area contributed by atoms with Crippen LogP contribution in [0.25, 0.3) is 0 Å². The fourth-order valence-electron chi connectivity index (χ4n) is 3.07. The molecule has 2 amide bonds. The fraction of sp³-hybridized carbons (Fsp3) is 0.529. The maximum Gasteiger partial charge on any atom is 0.282 e. The summed E-state index contributed by atoms with van der Waals surface area (Å²) in [4.78, 5) is 25.4. The molecule has 0 spiro atoms. The summed E-state index contributed by atoms with van der Waals surface area (Å²) in [5.41, 5.74) is 0.362. The third-order valence-electron chi connectivity index (χ3n) is 4.39. The van der Waals surface area contributed by atoms with Crippen molar-refractivity contribution in [2.24, 2.45) is 0 Å². The highest BCUT2D eigenvalue weighted by atomic mass is 32.2. The number of hydrogen-bond donors (Lipinski definition) is 1. The zero-order chi connectivity index (χ0) is 19.4. The number of carbonyl (C=O) groups is 2. The van der Waals surface area contributed by atoms with Crippen LogP contribution in [0.1, 0.15) is 19.8 Å². The largest absolute Gasteiger partial charge is 0.492 e. The van der Waals surface area contributed by atoms with Crippen molar-refractivity contribution in [2.45, 2.75) is 24.7 Å². The third-order valence-corrected chi connectivity index (χ3v) is 7.20. The van der Waals surface area contributed by atoms with Crippen LogP contribution in [-0.2, 0) is 14.8 Å². The molecule has 1 aromatic carbocycles. The first-order valence-corrected chi connectivity index (χ1v) is 11.3. The predicted molar refractivity (Wildman–Crippen MR) is 104 cm³/mol. The Labute approximate surface area is 163 Å². The van der Waals surface area contributed by atoms with Gasteiger partial charge in [0.2, 0.25) is 15.9 Å². The summed E-state index contributed by atoms with van der Waals surface area (Å²) in [6, 6.07) is 4.59. The first kappa shape index (κ1) is 20.0. The number of nitrogens with one attached hydrogen (secondary N) is 1. The summed E-state index contributed by atoms with van der Waals surface area (Å²) in [6.07, 6.45) is 1.67. The van der Waals surface area contributed by atoms with E-state index in [9.17, 15) is 18.0 Å². The molecule has 27 heavy (non-hydrogen) atoms. The lowest BCUT2D eigenvalue weighted by Gasteiger charge is -2.19. The van der Waals surface area contributed by atoms with Crippen molar-refractivity contribution in [1.82, 2.24) is 9.21 Å². The average Bonchev–Trinajstić information content (AvgIpc) is 3.29. The van der Waals surface area contributed by atoms with E-state index in [4.69, 9.17) is 4.74 Å². The van der Waals surface area contributed by atoms with E-state index < -0.39 is 10.0 Å². The second-order valence-corrected chi connectivity index (χ2v) is 9.24. The highest BCUT2D eigenvalue weighted by molar-refractivity contribution is 8.13. The summed E-state index contributed by atoms with van der Waals surface area (Å²) in [5, 5.41) is 2.56. The van der Waals surface area contributed by atoms with Gasteiger partial charge in [-0.2, -0.15) is 4.31 Å². The van der Waals surface area contributed by atoms with Crippen LogP contribution in [0.5, 0.6) is 5.75 Å². The number of thioether (sulfide) groups is 1. The smallest absolute Gasteiger partial charge is 0.282 e. The normalized spacial score (nSPS) is 18.1. The number of amides is 2. The van der Waals surface area contributed by atoms with Crippen molar-refractivity contribution in [3.63, 3.8) is 0 Å². The first-order chi connectivity index (χ1) is 12.9. The molecule has 1 N–H and O–H groups in total. The van der Waals surface area contributed by atoms with Gasteiger partial charge in [0.15, 0.2) is 0 Å². The lowest BCUT2D eigenvalue weighted by Crippen LogP contribution is -2.33. The predicted octanol–water partition coefficient (Wildman–Crippen LogP) is 1.98. The Kier molecular flexibility index (Phi) is 6.28. The van der Waals surface area contributed by atoms with Crippen LogP contribution in [-0.4, -0.2) is 67.3 Å². The summed E-state index contributed by atoms with van der Waals surface area (Å²) in [7, 11) is -3.69. The van der Waals surface area contributed by atoms with Crippen molar-refractivity contribution < 1.29 is 22.7 Å². The number of carbonyl (C=O) groups excluding carboxylic acids is 2. The molecule has 2 fully saturated rings. The highest BCUT2D eigenvalue weighted by Gasteiger charge is 2.30. The van der Waals surface area contributed by atoms with Crippen molar-refractivity contribution in [2.75, 3.05) is 43.9 Å². The quantitative estimate of drug-likeness (QED) is 0.734. The molecule has 2 aliphatic rings. The van der Waals surface area contributed by atoms with Gasteiger partial charge in [-0.25, -0.2) is 8.42 Å². The van der Waals surface area contributed by atoms with Gasteiger partial charge in [0.05, 0.1) is 6.61 Å². The van der Waals surface area contributed by atoms with Crippen LogP contribution in [0, 0.1) is 0 Å². The third kappa shape index (κ3) is 4.56. The minimum atomic E-state index is -3.69. The minimum absolute atomic E-state index is 0.0484. The summed E-state index contributed by atoms with van der Waals surface area (Å²) >= 11 is 1.19. The van der Waals surface area contributed by atoms with Gasteiger partial charge < -0.3 is 15.0 Å². The van der Waals surface area contributed by atoms with Crippen molar-refractivity contribution >= 4 is 38.6 Å². The molecule has 8 nitrogen and oxygen atoms in total. The minimum Gasteiger partial charge on any atom is -0.492 e. The molecule has 0 bridgehead atoms. The van der Waals surface area contributed by atoms with Gasteiger partial charge in [-0.05, 0) is 38.0 Å². The Balaban J connectivity index is 1.80. The van der Waals surface area contributed by atoms with Crippen molar-refractivity contribution in [3.8, 4) is 5.75 Å². The van der Waals surface area contributed by atoms with Crippen LogP contribution in [0.3, 0.4) is 0 Å². The van der Waals surface area contributed by atoms with Gasteiger partial charge in [0.25, 0.3) is 5.24 Å². The van der Waals surface area contributed by atoms with E-state index in [1.165, 1.54) is 27.0 Å². The van der Waals surface area contributed by atoms with Crippen molar-refractivity contribution in [3.05, 3.63) is 18.2 Å². The average molecular weight is 414 g/mol. The Bertz CT molecular complexity index is 822. The molecule has 148 valence electrons. The Morgan fingerprint density at radius 3 is 2.63 bits per heavy atom. The van der Waals surface area contributed by atoms with E-state index in [0.29, 0.717) is 37.7 Å². The summed E-state index contributed by atoms with van der Waals surface area (Å²) in [6.45, 7) is 3.58. The second-order valence-electron chi connectivity index (χ2n) is 6.29.